The minimum atomic E-state index is -0.329. The third-order valence-electron chi connectivity index (χ3n) is 3.60. The summed E-state index contributed by atoms with van der Waals surface area (Å²) in [6.07, 6.45) is 7.52. The highest BCUT2D eigenvalue weighted by Gasteiger charge is 2.53. The third-order valence-corrected chi connectivity index (χ3v) is 3.60. The van der Waals surface area contributed by atoms with Crippen LogP contribution in [0.15, 0.2) is 24.3 Å². The zero-order valence-electron chi connectivity index (χ0n) is 6.67. The first-order valence-corrected chi connectivity index (χ1v) is 4.52. The Morgan fingerprint density at radius 3 is 2.17 bits per heavy atom. The van der Waals surface area contributed by atoms with E-state index in [4.69, 9.17) is 0 Å². The van der Waals surface area contributed by atoms with E-state index in [1.807, 2.05) is 6.08 Å². The van der Waals surface area contributed by atoms with Gasteiger partial charge in [0.15, 0.2) is 0 Å². The summed E-state index contributed by atoms with van der Waals surface area (Å²) in [6.45, 7) is 0. The van der Waals surface area contributed by atoms with Gasteiger partial charge >= 0.3 is 0 Å². The van der Waals surface area contributed by atoms with Crippen molar-refractivity contribution < 1.29 is 10.2 Å². The van der Waals surface area contributed by atoms with Crippen molar-refractivity contribution in [2.75, 3.05) is 0 Å². The molecule has 6 atom stereocenters. The van der Waals surface area contributed by atoms with Crippen LogP contribution in [0.5, 0.6) is 0 Å². The summed E-state index contributed by atoms with van der Waals surface area (Å²) < 4.78 is 0. The first kappa shape index (κ1) is 6.87. The molecule has 0 unspecified atom stereocenters. The Labute approximate surface area is 71.2 Å². The molecular weight excluding hydrogens is 152 g/mol. The van der Waals surface area contributed by atoms with E-state index in [9.17, 15) is 10.2 Å². The summed E-state index contributed by atoms with van der Waals surface area (Å²) >= 11 is 0. The molecule has 3 rings (SSSR count). The van der Waals surface area contributed by atoms with E-state index in [2.05, 4.69) is 18.2 Å². The van der Waals surface area contributed by atoms with Crippen molar-refractivity contribution in [3.05, 3.63) is 24.3 Å². The molecular formula is C10H12O2. The van der Waals surface area contributed by atoms with Crippen molar-refractivity contribution in [3.8, 4) is 0 Å². The van der Waals surface area contributed by atoms with Gasteiger partial charge in [-0.05, 0) is 5.92 Å². The van der Waals surface area contributed by atoms with E-state index in [1.165, 1.54) is 0 Å². The van der Waals surface area contributed by atoms with Gasteiger partial charge in [-0.3, -0.25) is 0 Å². The SMILES string of the molecule is O[C@H]1[C@H]2C=C[C@@H]1[C@@H]1C=C[C@@H](O)[C@@H]21. The minimum absolute atomic E-state index is 0.199. The largest absolute Gasteiger partial charge is 0.392 e. The van der Waals surface area contributed by atoms with Gasteiger partial charge in [0.2, 0.25) is 0 Å². The molecule has 0 aromatic heterocycles. The van der Waals surface area contributed by atoms with Crippen LogP contribution < -0.4 is 0 Å². The molecule has 0 aromatic rings. The second kappa shape index (κ2) is 2.01. The minimum Gasteiger partial charge on any atom is -0.392 e. The van der Waals surface area contributed by atoms with Crippen LogP contribution in [0, 0.1) is 23.7 Å². The molecule has 12 heavy (non-hydrogen) atoms. The molecule has 3 aliphatic carbocycles. The average molecular weight is 164 g/mol. The Bertz CT molecular complexity index is 269. The van der Waals surface area contributed by atoms with Crippen LogP contribution in [0.25, 0.3) is 0 Å². The lowest BCUT2D eigenvalue weighted by atomic mass is 9.84. The maximum atomic E-state index is 9.74. The Balaban J connectivity index is 2.03. The first-order valence-electron chi connectivity index (χ1n) is 4.52. The number of hydrogen-bond donors (Lipinski definition) is 2. The summed E-state index contributed by atoms with van der Waals surface area (Å²) in [5.41, 5.74) is 0. The summed E-state index contributed by atoms with van der Waals surface area (Å²) in [7, 11) is 0. The molecule has 0 amide bonds. The highest BCUT2D eigenvalue weighted by atomic mass is 16.3. The fourth-order valence-electron chi connectivity index (χ4n) is 3.05. The molecule has 2 nitrogen and oxygen atoms in total. The number of hydrogen-bond acceptors (Lipinski definition) is 2. The molecule has 0 radical (unpaired) electrons. The lowest BCUT2D eigenvalue weighted by Gasteiger charge is -2.21. The number of fused-ring (bicyclic) bond motifs is 5. The fourth-order valence-corrected chi connectivity index (χ4v) is 3.05. The van der Waals surface area contributed by atoms with E-state index in [0.29, 0.717) is 5.92 Å². The number of aliphatic hydroxyl groups excluding tert-OH is 2. The van der Waals surface area contributed by atoms with E-state index >= 15 is 0 Å². The number of allylic oxidation sites excluding steroid dienone is 1. The van der Waals surface area contributed by atoms with Gasteiger partial charge < -0.3 is 10.2 Å². The average Bonchev–Trinajstić information content (AvgIpc) is 2.66. The van der Waals surface area contributed by atoms with E-state index in [-0.39, 0.29) is 30.0 Å². The van der Waals surface area contributed by atoms with Crippen LogP contribution in [0.3, 0.4) is 0 Å². The molecule has 0 aromatic carbocycles. The molecule has 64 valence electrons. The van der Waals surface area contributed by atoms with Gasteiger partial charge in [-0.1, -0.05) is 24.3 Å². The Kier molecular flexibility index (Phi) is 1.15. The summed E-state index contributed by atoms with van der Waals surface area (Å²) in [4.78, 5) is 0. The predicted octanol–water partition coefficient (Wildman–Crippen LogP) is 0.326. The Hall–Kier alpha value is -0.600. The molecule has 0 saturated heterocycles. The molecule has 3 aliphatic rings. The maximum Gasteiger partial charge on any atom is 0.0761 e. The summed E-state index contributed by atoms with van der Waals surface area (Å²) in [5.74, 6) is 1.12. The van der Waals surface area contributed by atoms with Crippen LogP contribution in [-0.2, 0) is 0 Å². The smallest absolute Gasteiger partial charge is 0.0761 e. The van der Waals surface area contributed by atoms with E-state index in [0.717, 1.165) is 0 Å². The van der Waals surface area contributed by atoms with Crippen LogP contribution in [0.2, 0.25) is 0 Å². The van der Waals surface area contributed by atoms with Crippen molar-refractivity contribution in [1.82, 2.24) is 0 Å². The van der Waals surface area contributed by atoms with Gasteiger partial charge in [-0.2, -0.15) is 0 Å². The standard InChI is InChI=1S/C10H12O2/c11-8-4-3-5-6-1-2-7(9(5)8)10(6)12/h1-12H/t5-,6+,7-,8+,9+,10+/m0/s1. The molecule has 0 heterocycles. The van der Waals surface area contributed by atoms with Crippen molar-refractivity contribution in [3.63, 3.8) is 0 Å². The molecule has 0 aliphatic heterocycles. The Morgan fingerprint density at radius 1 is 0.750 bits per heavy atom. The van der Waals surface area contributed by atoms with Gasteiger partial charge in [0.1, 0.15) is 0 Å². The van der Waals surface area contributed by atoms with Gasteiger partial charge in [0.05, 0.1) is 12.2 Å². The van der Waals surface area contributed by atoms with Gasteiger partial charge in [0, 0.05) is 17.8 Å². The zero-order valence-corrected chi connectivity index (χ0v) is 6.67. The van der Waals surface area contributed by atoms with Crippen LogP contribution in [0.1, 0.15) is 0 Å². The lowest BCUT2D eigenvalue weighted by molar-refractivity contribution is 0.0966. The quantitative estimate of drug-likeness (QED) is 0.506. The van der Waals surface area contributed by atoms with E-state index in [1.54, 1.807) is 0 Å². The second-order valence-corrected chi connectivity index (χ2v) is 4.06. The molecule has 1 fully saturated rings. The molecule has 1 saturated carbocycles. The predicted molar refractivity (Wildman–Crippen MR) is 44.3 cm³/mol. The van der Waals surface area contributed by atoms with Crippen molar-refractivity contribution >= 4 is 0 Å². The van der Waals surface area contributed by atoms with Crippen LogP contribution in [-0.4, -0.2) is 22.4 Å². The third kappa shape index (κ3) is 0.595. The monoisotopic (exact) mass is 164 g/mol. The molecule has 2 bridgehead atoms. The first-order chi connectivity index (χ1) is 5.79. The van der Waals surface area contributed by atoms with Gasteiger partial charge in [-0.25, -0.2) is 0 Å². The lowest BCUT2D eigenvalue weighted by Crippen LogP contribution is -2.25. The normalized spacial score (nSPS) is 59.8. The van der Waals surface area contributed by atoms with Crippen LogP contribution in [0.4, 0.5) is 0 Å². The number of aliphatic hydroxyl groups is 2. The van der Waals surface area contributed by atoms with Gasteiger partial charge in [-0.15, -0.1) is 0 Å². The van der Waals surface area contributed by atoms with Gasteiger partial charge in [0.25, 0.3) is 0 Å². The van der Waals surface area contributed by atoms with E-state index < -0.39 is 0 Å². The highest BCUT2D eigenvalue weighted by Crippen LogP contribution is 2.52. The molecule has 2 N–H and O–H groups in total. The zero-order chi connectivity index (χ0) is 8.29. The fraction of sp³-hybridized carbons (Fsp3) is 0.600. The van der Waals surface area contributed by atoms with Crippen molar-refractivity contribution in [2.24, 2.45) is 23.7 Å². The highest BCUT2D eigenvalue weighted by molar-refractivity contribution is 5.27. The maximum absolute atomic E-state index is 9.74. The summed E-state index contributed by atoms with van der Waals surface area (Å²) in [5, 5.41) is 19.4. The van der Waals surface area contributed by atoms with Crippen molar-refractivity contribution in [1.29, 1.82) is 0 Å². The Morgan fingerprint density at radius 2 is 1.42 bits per heavy atom. The van der Waals surface area contributed by atoms with Crippen molar-refractivity contribution in [2.45, 2.75) is 12.2 Å². The topological polar surface area (TPSA) is 40.5 Å². The van der Waals surface area contributed by atoms with Crippen LogP contribution >= 0.6 is 0 Å². The number of rotatable bonds is 0. The summed E-state index contributed by atoms with van der Waals surface area (Å²) in [6, 6.07) is 0. The molecule has 2 heteroatoms. The second-order valence-electron chi connectivity index (χ2n) is 4.06. The molecule has 0 spiro atoms.